The van der Waals surface area contributed by atoms with Crippen molar-refractivity contribution in [1.82, 2.24) is 10.6 Å². The highest BCUT2D eigenvalue weighted by molar-refractivity contribution is 14.1. The van der Waals surface area contributed by atoms with Gasteiger partial charge in [-0.3, -0.25) is 0 Å². The van der Waals surface area contributed by atoms with Gasteiger partial charge in [0.1, 0.15) is 0 Å². The van der Waals surface area contributed by atoms with E-state index >= 15 is 0 Å². The average molecular weight is 382 g/mol. The molecule has 0 aliphatic heterocycles. The molecule has 0 radical (unpaired) electrons. The van der Waals surface area contributed by atoms with Gasteiger partial charge in [-0.1, -0.05) is 59.0 Å². The third kappa shape index (κ3) is 6.53. The van der Waals surface area contributed by atoms with Crippen LogP contribution < -0.4 is 10.6 Å². The summed E-state index contributed by atoms with van der Waals surface area (Å²) in [6, 6.07) is 0. The van der Waals surface area contributed by atoms with Crippen molar-refractivity contribution in [3.63, 3.8) is 0 Å². The van der Waals surface area contributed by atoms with Crippen LogP contribution >= 0.6 is 45.2 Å². The maximum atomic E-state index is 3.39. The molecule has 11 heavy (non-hydrogen) atoms. The van der Waals surface area contributed by atoms with Crippen molar-refractivity contribution >= 4 is 45.2 Å². The zero-order valence-electron chi connectivity index (χ0n) is 7.03. The minimum Gasteiger partial charge on any atom is -0.316 e. The molecule has 2 unspecified atom stereocenters. The number of nitrogens with one attached hydrogen (secondary N) is 2. The summed E-state index contributed by atoms with van der Waals surface area (Å²) in [5, 5.41) is 6.73. The van der Waals surface area contributed by atoms with Crippen LogP contribution in [0.25, 0.3) is 0 Å². The zero-order valence-corrected chi connectivity index (χ0v) is 11.3. The quantitative estimate of drug-likeness (QED) is 0.416. The van der Waals surface area contributed by atoms with Gasteiger partial charge in [0.25, 0.3) is 0 Å². The smallest absolute Gasteiger partial charge is 0.0725 e. The van der Waals surface area contributed by atoms with Crippen molar-refractivity contribution in [2.24, 2.45) is 0 Å². The molecule has 0 spiro atoms. The fourth-order valence-electron chi connectivity index (χ4n) is 0.709. The molecule has 0 aromatic carbocycles. The largest absolute Gasteiger partial charge is 0.316 e. The molecular weight excluding hydrogens is 366 g/mol. The first-order valence-electron chi connectivity index (χ1n) is 3.94. The summed E-state index contributed by atoms with van der Waals surface area (Å²) in [7, 11) is 0. The maximum Gasteiger partial charge on any atom is 0.0725 e. The van der Waals surface area contributed by atoms with Gasteiger partial charge in [0.05, 0.1) is 4.05 Å². The second-order valence-electron chi connectivity index (χ2n) is 2.28. The van der Waals surface area contributed by atoms with Crippen molar-refractivity contribution in [2.75, 3.05) is 19.6 Å². The Morgan fingerprint density at radius 1 is 1.18 bits per heavy atom. The Hall–Kier alpha value is 1.38. The van der Waals surface area contributed by atoms with E-state index in [0.717, 1.165) is 19.6 Å². The molecule has 0 saturated carbocycles. The van der Waals surface area contributed by atoms with Gasteiger partial charge in [0.2, 0.25) is 0 Å². The van der Waals surface area contributed by atoms with E-state index in [-0.39, 0.29) is 0 Å². The van der Waals surface area contributed by atoms with Gasteiger partial charge in [0.15, 0.2) is 0 Å². The van der Waals surface area contributed by atoms with Crippen LogP contribution in [0, 0.1) is 0 Å². The molecule has 0 aromatic heterocycles. The van der Waals surface area contributed by atoms with Gasteiger partial charge in [-0.15, -0.1) is 0 Å². The Morgan fingerprint density at radius 3 is 2.27 bits per heavy atom. The second-order valence-corrected chi connectivity index (χ2v) is 5.23. The predicted molar refractivity (Wildman–Crippen MR) is 67.8 cm³/mol. The lowest BCUT2D eigenvalue weighted by Gasteiger charge is -2.17. The lowest BCUT2D eigenvalue weighted by Crippen LogP contribution is -2.37. The van der Waals surface area contributed by atoms with Crippen LogP contribution in [0.2, 0.25) is 0 Å². The van der Waals surface area contributed by atoms with E-state index in [1.54, 1.807) is 0 Å². The summed E-state index contributed by atoms with van der Waals surface area (Å²) in [5.41, 5.74) is 0. The molecule has 68 valence electrons. The standard InChI is InChI=1S/C7H16I2N2/c1-3-10-5-6(8)7(9)11-4-2/h6-7,10-11H,3-5H2,1-2H3. The lowest BCUT2D eigenvalue weighted by molar-refractivity contribution is 0.628. The summed E-state index contributed by atoms with van der Waals surface area (Å²) in [6.07, 6.45) is 0. The number of hydrogen-bond acceptors (Lipinski definition) is 2. The van der Waals surface area contributed by atoms with Crippen LogP contribution in [0.3, 0.4) is 0 Å². The van der Waals surface area contributed by atoms with E-state index in [0.29, 0.717) is 7.97 Å². The van der Waals surface area contributed by atoms with Gasteiger partial charge in [-0.2, -0.15) is 0 Å². The summed E-state index contributed by atoms with van der Waals surface area (Å²) < 4.78 is 1.25. The van der Waals surface area contributed by atoms with Gasteiger partial charge < -0.3 is 10.6 Å². The molecule has 0 saturated heterocycles. The van der Waals surface area contributed by atoms with Crippen molar-refractivity contribution in [3.8, 4) is 0 Å². The van der Waals surface area contributed by atoms with Gasteiger partial charge in [-0.25, -0.2) is 0 Å². The van der Waals surface area contributed by atoms with E-state index < -0.39 is 0 Å². The molecule has 2 atom stereocenters. The molecule has 0 aliphatic rings. The van der Waals surface area contributed by atoms with E-state index in [4.69, 9.17) is 0 Å². The van der Waals surface area contributed by atoms with E-state index in [1.807, 2.05) is 0 Å². The SMILES string of the molecule is CCNCC(I)C(I)NCC. The Morgan fingerprint density at radius 2 is 1.82 bits per heavy atom. The Bertz CT molecular complexity index is 90.5. The molecule has 0 fully saturated rings. The molecule has 2 nitrogen and oxygen atoms in total. The van der Waals surface area contributed by atoms with Crippen LogP contribution in [0.4, 0.5) is 0 Å². The minimum absolute atomic E-state index is 0.581. The number of alkyl halides is 2. The summed E-state index contributed by atoms with van der Waals surface area (Å²) >= 11 is 4.93. The average Bonchev–Trinajstić information content (AvgIpc) is 2.00. The van der Waals surface area contributed by atoms with E-state index in [1.165, 1.54) is 0 Å². The molecular formula is C7H16I2N2. The van der Waals surface area contributed by atoms with Gasteiger partial charge in [-0.05, 0) is 13.1 Å². The lowest BCUT2D eigenvalue weighted by atomic mass is 10.4. The predicted octanol–water partition coefficient (Wildman–Crippen LogP) is 1.77. The van der Waals surface area contributed by atoms with Crippen LogP contribution in [-0.2, 0) is 0 Å². The molecule has 0 rings (SSSR count). The number of halogens is 2. The minimum atomic E-state index is 0.581. The third-order valence-corrected chi connectivity index (χ3v) is 5.15. The topological polar surface area (TPSA) is 24.1 Å². The highest BCUT2D eigenvalue weighted by Crippen LogP contribution is 2.11. The van der Waals surface area contributed by atoms with Crippen molar-refractivity contribution in [2.45, 2.75) is 21.8 Å². The first kappa shape index (κ1) is 12.4. The molecule has 0 aromatic rings. The zero-order chi connectivity index (χ0) is 8.69. The molecule has 0 amide bonds. The van der Waals surface area contributed by atoms with Gasteiger partial charge in [0, 0.05) is 10.5 Å². The molecule has 0 bridgehead atoms. The first-order chi connectivity index (χ1) is 5.22. The Labute approximate surface area is 96.6 Å². The molecule has 4 heteroatoms. The second kappa shape index (κ2) is 8.00. The Balaban J connectivity index is 3.38. The van der Waals surface area contributed by atoms with Crippen LogP contribution in [0.15, 0.2) is 0 Å². The van der Waals surface area contributed by atoms with E-state index in [9.17, 15) is 0 Å². The maximum absolute atomic E-state index is 3.39. The van der Waals surface area contributed by atoms with E-state index in [2.05, 4.69) is 69.7 Å². The number of rotatable bonds is 6. The number of hydrogen-bond donors (Lipinski definition) is 2. The molecule has 0 heterocycles. The Kier molecular flexibility index (Phi) is 9.00. The highest BCUT2D eigenvalue weighted by Gasteiger charge is 2.12. The molecule has 0 aliphatic carbocycles. The normalized spacial score (nSPS) is 16.4. The molecule has 2 N–H and O–H groups in total. The van der Waals surface area contributed by atoms with Crippen LogP contribution in [0.5, 0.6) is 0 Å². The van der Waals surface area contributed by atoms with Crippen LogP contribution in [-0.4, -0.2) is 27.6 Å². The summed E-state index contributed by atoms with van der Waals surface area (Å²) in [5.74, 6) is 0. The third-order valence-electron chi connectivity index (χ3n) is 1.31. The van der Waals surface area contributed by atoms with Gasteiger partial charge >= 0.3 is 0 Å². The summed E-state index contributed by atoms with van der Waals surface area (Å²) in [6.45, 7) is 7.49. The fourth-order valence-corrected chi connectivity index (χ4v) is 1.97. The van der Waals surface area contributed by atoms with Crippen molar-refractivity contribution in [3.05, 3.63) is 0 Å². The van der Waals surface area contributed by atoms with Crippen molar-refractivity contribution < 1.29 is 0 Å². The fraction of sp³-hybridized carbons (Fsp3) is 1.00. The summed E-state index contributed by atoms with van der Waals surface area (Å²) in [4.78, 5) is 0. The van der Waals surface area contributed by atoms with Crippen molar-refractivity contribution in [1.29, 1.82) is 0 Å². The first-order valence-corrected chi connectivity index (χ1v) is 6.43. The van der Waals surface area contributed by atoms with Crippen LogP contribution in [0.1, 0.15) is 13.8 Å². The highest BCUT2D eigenvalue weighted by atomic mass is 127. The monoisotopic (exact) mass is 382 g/mol.